The van der Waals surface area contributed by atoms with Gasteiger partial charge in [0, 0.05) is 12.5 Å². The molecule has 0 aromatic heterocycles. The van der Waals surface area contributed by atoms with Gasteiger partial charge < -0.3 is 19.3 Å². The predicted molar refractivity (Wildman–Crippen MR) is 128 cm³/mol. The fraction of sp³-hybridized carbons (Fsp3) is 0.429. The molecule has 2 aromatic carbocycles. The first-order valence-electron chi connectivity index (χ1n) is 12.5. The number of ether oxygens (including phenoxy) is 3. The molecule has 9 nitrogen and oxygen atoms in total. The van der Waals surface area contributed by atoms with Crippen molar-refractivity contribution >= 4 is 29.5 Å². The molecule has 0 radical (unpaired) electrons. The maximum absolute atomic E-state index is 14.3. The third kappa shape index (κ3) is 2.96. The second-order valence-electron chi connectivity index (χ2n) is 11.6. The number of aliphatic hydroxyl groups is 1. The monoisotopic (exact) mass is 541 g/mol. The van der Waals surface area contributed by atoms with Crippen molar-refractivity contribution in [1.29, 1.82) is 0 Å². The Hall–Kier alpha value is -3.86. The van der Waals surface area contributed by atoms with E-state index in [1.165, 1.54) is 12.1 Å². The largest absolute Gasteiger partial charge is 0.461 e. The van der Waals surface area contributed by atoms with E-state index in [0.717, 1.165) is 17.0 Å². The highest BCUT2D eigenvalue weighted by Crippen LogP contribution is 2.76. The van der Waals surface area contributed by atoms with E-state index in [9.17, 15) is 33.1 Å². The molecule has 4 aliphatic rings. The quantitative estimate of drug-likeness (QED) is 0.466. The fourth-order valence-electron chi connectivity index (χ4n) is 7.21. The smallest absolute Gasteiger partial charge is 0.338 e. The normalized spacial score (nSPS) is 34.9. The van der Waals surface area contributed by atoms with Gasteiger partial charge in [-0.2, -0.15) is 0 Å². The van der Waals surface area contributed by atoms with Crippen LogP contribution in [0.1, 0.15) is 44.0 Å². The molecule has 2 spiro atoms. The van der Waals surface area contributed by atoms with Crippen molar-refractivity contribution in [2.24, 2.45) is 16.2 Å². The summed E-state index contributed by atoms with van der Waals surface area (Å²) in [4.78, 5) is 54.8. The topological polar surface area (TPSA) is 119 Å². The van der Waals surface area contributed by atoms with Crippen LogP contribution in [0.3, 0.4) is 0 Å². The number of hydrogen-bond donors (Lipinski definition) is 1. The first kappa shape index (κ1) is 25.4. The molecule has 204 valence electrons. The van der Waals surface area contributed by atoms with Crippen LogP contribution >= 0.6 is 0 Å². The van der Waals surface area contributed by atoms with Crippen molar-refractivity contribution in [1.82, 2.24) is 0 Å². The minimum absolute atomic E-state index is 0.0837. The van der Waals surface area contributed by atoms with Gasteiger partial charge in [0.05, 0.1) is 23.3 Å². The van der Waals surface area contributed by atoms with Gasteiger partial charge in [-0.3, -0.25) is 19.3 Å². The first-order chi connectivity index (χ1) is 18.3. The van der Waals surface area contributed by atoms with Gasteiger partial charge in [-0.1, -0.05) is 39.0 Å². The van der Waals surface area contributed by atoms with E-state index < -0.39 is 82.2 Å². The molecule has 1 amide bonds. The molecule has 2 aromatic rings. The number of hydrogen-bond acceptors (Lipinski definition) is 8. The zero-order valence-electron chi connectivity index (χ0n) is 21.3. The van der Waals surface area contributed by atoms with Crippen LogP contribution in [-0.4, -0.2) is 53.0 Å². The number of benzene rings is 2. The second kappa shape index (κ2) is 7.84. The molecule has 1 aliphatic carbocycles. The van der Waals surface area contributed by atoms with Crippen LogP contribution in [0, 0.1) is 27.9 Å². The number of anilines is 1. The summed E-state index contributed by atoms with van der Waals surface area (Å²) in [6.45, 7) is 5.01. The molecule has 6 rings (SSSR count). The maximum atomic E-state index is 14.3. The number of amides is 1. The van der Waals surface area contributed by atoms with Gasteiger partial charge in [0.15, 0.2) is 12.3 Å². The van der Waals surface area contributed by atoms with E-state index in [4.69, 9.17) is 14.2 Å². The Balaban J connectivity index is 1.63. The Morgan fingerprint density at radius 3 is 2.31 bits per heavy atom. The Morgan fingerprint density at radius 2 is 1.69 bits per heavy atom. The van der Waals surface area contributed by atoms with Gasteiger partial charge in [0.25, 0.3) is 5.91 Å². The summed E-state index contributed by atoms with van der Waals surface area (Å²) in [5.74, 6) is -5.60. The van der Waals surface area contributed by atoms with E-state index in [0.29, 0.717) is 6.07 Å². The third-order valence-corrected chi connectivity index (χ3v) is 8.83. The van der Waals surface area contributed by atoms with E-state index in [1.54, 1.807) is 39.0 Å². The first-order valence-corrected chi connectivity index (χ1v) is 12.5. The molecule has 39 heavy (non-hydrogen) atoms. The molecular weight excluding hydrogens is 516 g/mol. The lowest BCUT2D eigenvalue weighted by atomic mass is 9.52. The summed E-state index contributed by atoms with van der Waals surface area (Å²) in [5, 5.41) is 12.6. The van der Waals surface area contributed by atoms with Crippen molar-refractivity contribution in [3.05, 3.63) is 65.7 Å². The average molecular weight is 542 g/mol. The number of nitrogens with zero attached hydrogens (tertiary/aromatic N) is 1. The summed E-state index contributed by atoms with van der Waals surface area (Å²) in [6.07, 6.45) is -5.54. The Labute approximate surface area is 221 Å². The van der Waals surface area contributed by atoms with Gasteiger partial charge in [0.1, 0.15) is 28.6 Å². The van der Waals surface area contributed by atoms with Gasteiger partial charge in [-0.25, -0.2) is 13.6 Å². The van der Waals surface area contributed by atoms with Crippen LogP contribution < -0.4 is 4.90 Å². The van der Waals surface area contributed by atoms with Crippen molar-refractivity contribution in [3.63, 3.8) is 0 Å². The van der Waals surface area contributed by atoms with E-state index >= 15 is 0 Å². The van der Waals surface area contributed by atoms with E-state index in [1.807, 2.05) is 0 Å². The number of carbonyl (C=O) groups is 4. The molecule has 6 atom stereocenters. The number of carbonyl (C=O) groups excluding carboxylic acids is 4. The Kier molecular flexibility index (Phi) is 5.11. The molecule has 0 bridgehead atoms. The highest BCUT2D eigenvalue weighted by molar-refractivity contribution is 6.07. The zero-order valence-corrected chi connectivity index (χ0v) is 21.3. The van der Waals surface area contributed by atoms with Gasteiger partial charge in [-0.05, 0) is 29.7 Å². The highest BCUT2D eigenvalue weighted by atomic mass is 19.1. The molecule has 3 aliphatic heterocycles. The summed E-state index contributed by atoms with van der Waals surface area (Å²) < 4.78 is 45.8. The summed E-state index contributed by atoms with van der Waals surface area (Å²) in [6, 6.07) is 10.1. The lowest BCUT2D eigenvalue weighted by molar-refractivity contribution is -0.204. The summed E-state index contributed by atoms with van der Waals surface area (Å²) in [7, 11) is 0. The molecule has 3 heterocycles. The molecule has 0 unspecified atom stereocenters. The fourth-order valence-corrected chi connectivity index (χ4v) is 7.21. The lowest BCUT2D eigenvalue weighted by Crippen LogP contribution is -2.66. The van der Waals surface area contributed by atoms with Crippen LogP contribution in [0.25, 0.3) is 0 Å². The van der Waals surface area contributed by atoms with E-state index in [-0.39, 0.29) is 17.7 Å². The average Bonchev–Trinajstić information content (AvgIpc) is 3.46. The standard InChI is InChI=1S/C28H25F2NO8/c1-25(2,3)27(36)12-18-26(13-19(32)37-18)24(35)39-23-28(26,27)20(38-22(34)14-7-5-4-6-8-14)21(33)31(23)17-10-15(29)9-16(30)11-17/h4-11,18,20,23,36H,12-13H2,1-3H3/t18-,20-,23-,26-,27+,28+/m0/s1. The van der Waals surface area contributed by atoms with Gasteiger partial charge in [0.2, 0.25) is 0 Å². The molecule has 11 heteroatoms. The minimum atomic E-state index is -2.07. The van der Waals surface area contributed by atoms with Crippen LogP contribution in [0.4, 0.5) is 14.5 Å². The van der Waals surface area contributed by atoms with Crippen molar-refractivity contribution in [3.8, 4) is 0 Å². The van der Waals surface area contributed by atoms with Crippen LogP contribution in [0.5, 0.6) is 0 Å². The summed E-state index contributed by atoms with van der Waals surface area (Å²) in [5.41, 5.74) is -7.30. The van der Waals surface area contributed by atoms with Crippen LogP contribution in [0.2, 0.25) is 0 Å². The highest BCUT2D eigenvalue weighted by Gasteiger charge is 2.93. The molecular formula is C28H25F2NO8. The van der Waals surface area contributed by atoms with Crippen molar-refractivity contribution < 1.29 is 47.3 Å². The number of esters is 3. The van der Waals surface area contributed by atoms with Gasteiger partial charge >= 0.3 is 17.9 Å². The number of rotatable bonds is 3. The van der Waals surface area contributed by atoms with Crippen molar-refractivity contribution in [2.75, 3.05) is 4.90 Å². The predicted octanol–water partition coefficient (Wildman–Crippen LogP) is 2.89. The number of halogens is 2. The van der Waals surface area contributed by atoms with Crippen LogP contribution in [-0.2, 0) is 28.6 Å². The Morgan fingerprint density at radius 1 is 1.05 bits per heavy atom. The van der Waals surface area contributed by atoms with Crippen LogP contribution in [0.15, 0.2) is 48.5 Å². The molecule has 3 saturated heterocycles. The third-order valence-electron chi connectivity index (χ3n) is 8.83. The maximum Gasteiger partial charge on any atom is 0.338 e. The SMILES string of the molecule is CC(C)(C)[C@]1(O)C[C@@H]2OC(=O)C[C@@]23C(=O)O[C@@H]2N(c4cc(F)cc(F)c4)C(=O)[C@H](OC(=O)c4ccccc4)[C@]213. The molecule has 1 N–H and O–H groups in total. The molecule has 4 fully saturated rings. The van der Waals surface area contributed by atoms with Crippen molar-refractivity contribution in [2.45, 2.75) is 57.6 Å². The minimum Gasteiger partial charge on any atom is -0.461 e. The zero-order chi connectivity index (χ0) is 28.1. The summed E-state index contributed by atoms with van der Waals surface area (Å²) >= 11 is 0. The molecule has 1 saturated carbocycles. The second-order valence-corrected chi connectivity index (χ2v) is 11.6. The van der Waals surface area contributed by atoms with Gasteiger partial charge in [-0.15, -0.1) is 0 Å². The van der Waals surface area contributed by atoms with E-state index in [2.05, 4.69) is 0 Å². The lowest BCUT2D eigenvalue weighted by Gasteiger charge is -2.51. The Bertz CT molecular complexity index is 1420.